The molecule has 2 amide bonds. The molecule has 2 heterocycles. The number of phenolic OH excluding ortho intramolecular Hbond substituents is 1. The molecule has 1 aliphatic carbocycles. The second-order valence-electron chi connectivity index (χ2n) is 13.4. The Morgan fingerprint density at radius 1 is 0.979 bits per heavy atom. The monoisotopic (exact) mass is 638 g/mol. The molecule has 8 heteroatoms. The molecular formula is C39H46N2O6. The number of carbonyl (C=O) groups excluding carboxylic acids is 2. The smallest absolute Gasteiger partial charge is 0.234 e. The summed E-state index contributed by atoms with van der Waals surface area (Å²) in [5, 5.41) is 34.4. The number of hydrogen-bond acceptors (Lipinski definition) is 7. The van der Waals surface area contributed by atoms with E-state index in [4.69, 9.17) is 4.74 Å². The van der Waals surface area contributed by atoms with Crippen LogP contribution in [0, 0.1) is 17.8 Å². The number of amides is 2. The van der Waals surface area contributed by atoms with E-state index in [9.17, 15) is 24.9 Å². The van der Waals surface area contributed by atoms with Crippen molar-refractivity contribution in [1.82, 2.24) is 9.80 Å². The summed E-state index contributed by atoms with van der Waals surface area (Å²) in [6, 6.07) is 21.5. The van der Waals surface area contributed by atoms with Gasteiger partial charge < -0.3 is 20.1 Å². The average molecular weight is 639 g/mol. The number of aromatic hydroxyl groups is 1. The van der Waals surface area contributed by atoms with Crippen LogP contribution in [-0.2, 0) is 20.9 Å². The van der Waals surface area contributed by atoms with Crippen molar-refractivity contribution in [3.8, 4) is 5.75 Å². The van der Waals surface area contributed by atoms with Crippen LogP contribution in [0.3, 0.4) is 0 Å². The van der Waals surface area contributed by atoms with Gasteiger partial charge in [0.2, 0.25) is 11.8 Å². The van der Waals surface area contributed by atoms with Crippen LogP contribution in [0.2, 0.25) is 0 Å². The second-order valence-corrected chi connectivity index (χ2v) is 13.4. The van der Waals surface area contributed by atoms with Gasteiger partial charge in [0.05, 0.1) is 31.2 Å². The summed E-state index contributed by atoms with van der Waals surface area (Å²) >= 11 is 0. The van der Waals surface area contributed by atoms with Crippen LogP contribution < -0.4 is 0 Å². The van der Waals surface area contributed by atoms with E-state index in [0.29, 0.717) is 24.8 Å². The lowest BCUT2D eigenvalue weighted by Gasteiger charge is -2.37. The van der Waals surface area contributed by atoms with Crippen molar-refractivity contribution in [1.29, 1.82) is 0 Å². The standard InChI is InChI=1S/C39H46N2O6/c1-25(20-27-13-15-34(43)31-11-7-6-10-30(27)31)12-14-35(44)36-28(24-47-2)21-32-37(33(36)23-42)39(46)41(38(32)45)29-16-18-40(19-17-29)22-26-8-4-3-5-9-26/h3-11,13,15,20,29,32-33,35,37,42-44H,12,14,16-19,21-24H2,1-2H3/b25-20+/t32-,33+,35-,37-/m1/s1. The Morgan fingerprint density at radius 2 is 1.68 bits per heavy atom. The number of allylic oxidation sites excluding steroid dienone is 1. The van der Waals surface area contributed by atoms with Crippen molar-refractivity contribution >= 4 is 28.7 Å². The molecule has 3 aliphatic rings. The molecule has 0 spiro atoms. The van der Waals surface area contributed by atoms with Gasteiger partial charge in [0, 0.05) is 44.1 Å². The van der Waals surface area contributed by atoms with E-state index in [2.05, 4.69) is 23.1 Å². The fourth-order valence-corrected chi connectivity index (χ4v) is 8.12. The molecule has 0 radical (unpaired) electrons. The Hall–Kier alpha value is -3.82. The largest absolute Gasteiger partial charge is 0.507 e. The SMILES string of the molecule is COCC1=C([C@H](O)CC/C(C)=C/c2ccc(O)c3ccccc23)[C@H](CO)[C@@H]2C(=O)N(C3CCN(Cc4ccccc4)CC3)C(=O)[C@@H]2C1. The third-order valence-corrected chi connectivity index (χ3v) is 10.4. The normalized spacial score (nSPS) is 23.5. The Bertz CT molecular complexity index is 1660. The summed E-state index contributed by atoms with van der Waals surface area (Å²) in [4.78, 5) is 31.8. The Labute approximate surface area is 277 Å². The van der Waals surface area contributed by atoms with E-state index >= 15 is 0 Å². The second kappa shape index (κ2) is 14.5. The molecule has 0 bridgehead atoms. The Balaban J connectivity index is 1.16. The zero-order valence-corrected chi connectivity index (χ0v) is 27.3. The van der Waals surface area contributed by atoms with Crippen LogP contribution in [-0.4, -0.2) is 82.5 Å². The Kier molecular flexibility index (Phi) is 10.2. The van der Waals surface area contributed by atoms with Gasteiger partial charge in [0.15, 0.2) is 0 Å². The first kappa shape index (κ1) is 33.1. The molecular weight excluding hydrogens is 592 g/mol. The highest BCUT2D eigenvalue weighted by molar-refractivity contribution is 6.06. The zero-order valence-electron chi connectivity index (χ0n) is 27.3. The van der Waals surface area contributed by atoms with Gasteiger partial charge >= 0.3 is 0 Å². The Morgan fingerprint density at radius 3 is 2.38 bits per heavy atom. The molecule has 0 aromatic heterocycles. The molecule has 2 saturated heterocycles. The maximum atomic E-state index is 14.0. The van der Waals surface area contributed by atoms with Crippen LogP contribution in [0.25, 0.3) is 16.8 Å². The van der Waals surface area contributed by atoms with E-state index in [-0.39, 0.29) is 36.8 Å². The van der Waals surface area contributed by atoms with Gasteiger partial charge in [-0.1, -0.05) is 72.3 Å². The number of methoxy groups -OCH3 is 1. The topological polar surface area (TPSA) is 111 Å². The van der Waals surface area contributed by atoms with E-state index in [0.717, 1.165) is 60.0 Å². The van der Waals surface area contributed by atoms with Crippen molar-refractivity contribution in [2.24, 2.45) is 17.8 Å². The molecule has 0 saturated carbocycles. The van der Waals surface area contributed by atoms with Crippen molar-refractivity contribution in [3.05, 3.63) is 94.6 Å². The molecule has 248 valence electrons. The number of likely N-dealkylation sites (tertiary alicyclic amines) is 2. The molecule has 2 fully saturated rings. The number of imide groups is 1. The molecule has 6 rings (SSSR count). The maximum absolute atomic E-state index is 14.0. The molecule has 3 aromatic rings. The summed E-state index contributed by atoms with van der Waals surface area (Å²) in [6.45, 7) is 4.39. The van der Waals surface area contributed by atoms with Gasteiger partial charge in [-0.15, -0.1) is 0 Å². The summed E-state index contributed by atoms with van der Waals surface area (Å²) in [6.07, 6.45) is 3.97. The first-order valence-corrected chi connectivity index (χ1v) is 16.8. The number of carbonyl (C=O) groups is 2. The number of hydrogen-bond donors (Lipinski definition) is 3. The van der Waals surface area contributed by atoms with Crippen LogP contribution in [0.5, 0.6) is 5.75 Å². The molecule has 2 aliphatic heterocycles. The molecule has 0 unspecified atom stereocenters. The zero-order chi connectivity index (χ0) is 33.1. The number of rotatable bonds is 11. The van der Waals surface area contributed by atoms with Gasteiger partial charge in [-0.3, -0.25) is 19.4 Å². The average Bonchev–Trinajstić information content (AvgIpc) is 3.34. The number of fused-ring (bicyclic) bond motifs is 2. The van der Waals surface area contributed by atoms with Crippen molar-refractivity contribution < 1.29 is 29.6 Å². The lowest BCUT2D eigenvalue weighted by Crippen LogP contribution is -2.47. The summed E-state index contributed by atoms with van der Waals surface area (Å²) in [7, 11) is 1.59. The summed E-state index contributed by atoms with van der Waals surface area (Å²) in [5.74, 6) is -1.99. The van der Waals surface area contributed by atoms with Crippen LogP contribution >= 0.6 is 0 Å². The van der Waals surface area contributed by atoms with Crippen molar-refractivity contribution in [2.75, 3.05) is 33.4 Å². The van der Waals surface area contributed by atoms with Crippen LogP contribution in [0.1, 0.15) is 50.2 Å². The lowest BCUT2D eigenvalue weighted by atomic mass is 9.68. The van der Waals surface area contributed by atoms with Crippen molar-refractivity contribution in [3.63, 3.8) is 0 Å². The van der Waals surface area contributed by atoms with Crippen LogP contribution in [0.15, 0.2) is 83.4 Å². The number of nitrogens with zero attached hydrogens (tertiary/aromatic N) is 2. The van der Waals surface area contributed by atoms with Gasteiger partial charge in [-0.2, -0.15) is 0 Å². The van der Waals surface area contributed by atoms with E-state index in [1.54, 1.807) is 13.2 Å². The number of phenols is 1. The van der Waals surface area contributed by atoms with Crippen LogP contribution in [0.4, 0.5) is 0 Å². The van der Waals surface area contributed by atoms with Gasteiger partial charge in [-0.25, -0.2) is 0 Å². The first-order valence-electron chi connectivity index (χ1n) is 16.8. The molecule has 3 aromatic carbocycles. The van der Waals surface area contributed by atoms with Crippen molar-refractivity contribution in [2.45, 2.75) is 57.7 Å². The number of benzene rings is 3. The fourth-order valence-electron chi connectivity index (χ4n) is 8.12. The number of piperidine rings is 1. The van der Waals surface area contributed by atoms with E-state index < -0.39 is 23.9 Å². The highest BCUT2D eigenvalue weighted by Gasteiger charge is 2.56. The minimum Gasteiger partial charge on any atom is -0.507 e. The quantitative estimate of drug-likeness (QED) is 0.193. The van der Waals surface area contributed by atoms with Gasteiger partial charge in [-0.05, 0) is 72.8 Å². The van der Waals surface area contributed by atoms with Gasteiger partial charge in [0.1, 0.15) is 5.75 Å². The predicted molar refractivity (Wildman–Crippen MR) is 182 cm³/mol. The minimum absolute atomic E-state index is 0.151. The fraction of sp³-hybridized carbons (Fsp3) is 0.436. The molecule has 4 atom stereocenters. The molecule has 47 heavy (non-hydrogen) atoms. The highest BCUT2D eigenvalue weighted by atomic mass is 16.5. The number of ether oxygens (including phenoxy) is 1. The maximum Gasteiger partial charge on any atom is 0.234 e. The van der Waals surface area contributed by atoms with E-state index in [1.165, 1.54) is 10.5 Å². The molecule has 3 N–H and O–H groups in total. The summed E-state index contributed by atoms with van der Waals surface area (Å²) in [5.41, 5.74) is 4.75. The predicted octanol–water partition coefficient (Wildman–Crippen LogP) is 5.31. The third kappa shape index (κ3) is 6.79. The lowest BCUT2D eigenvalue weighted by molar-refractivity contribution is -0.144. The minimum atomic E-state index is -0.892. The highest BCUT2D eigenvalue weighted by Crippen LogP contribution is 2.47. The summed E-state index contributed by atoms with van der Waals surface area (Å²) < 4.78 is 5.53. The third-order valence-electron chi connectivity index (χ3n) is 10.4. The molecule has 8 nitrogen and oxygen atoms in total. The number of aliphatic hydroxyl groups excluding tert-OH is 2. The van der Waals surface area contributed by atoms with Gasteiger partial charge in [0.25, 0.3) is 0 Å². The number of aliphatic hydroxyl groups is 2. The van der Waals surface area contributed by atoms with E-state index in [1.807, 2.05) is 55.5 Å². The first-order chi connectivity index (χ1) is 22.8.